The van der Waals surface area contributed by atoms with Crippen LogP contribution in [-0.2, 0) is 15.8 Å². The van der Waals surface area contributed by atoms with Gasteiger partial charge in [-0.3, -0.25) is 0 Å². The number of thioether (sulfide) groups is 1. The molecule has 2 aromatic rings. The summed E-state index contributed by atoms with van der Waals surface area (Å²) >= 11 is 1.62. The van der Waals surface area contributed by atoms with E-state index in [2.05, 4.69) is 43.1 Å². The number of hydrogen-bond acceptors (Lipinski definition) is 4. The predicted molar refractivity (Wildman–Crippen MR) is 107 cm³/mol. The first-order chi connectivity index (χ1) is 12.5. The van der Waals surface area contributed by atoms with Crippen LogP contribution in [0.4, 0.5) is 0 Å². The van der Waals surface area contributed by atoms with Gasteiger partial charge in [-0.25, -0.2) is 13.4 Å². The predicted octanol–water partition coefficient (Wildman–Crippen LogP) is 4.67. The number of rotatable bonds is 6. The number of nitrogens with zero attached hydrogens (tertiary/aromatic N) is 2. The Labute approximate surface area is 161 Å². The van der Waals surface area contributed by atoms with Crippen molar-refractivity contribution in [2.75, 3.05) is 13.1 Å². The molecule has 0 radical (unpaired) electrons. The maximum absolute atomic E-state index is 12.6. The lowest BCUT2D eigenvalue weighted by Gasteiger charge is -2.25. The molecule has 1 aromatic carbocycles. The summed E-state index contributed by atoms with van der Waals surface area (Å²) in [5.41, 5.74) is 2.58. The average Bonchev–Trinajstić information content (AvgIpc) is 2.67. The number of piperidine rings is 1. The van der Waals surface area contributed by atoms with Gasteiger partial charge in [0.25, 0.3) is 0 Å². The minimum Gasteiger partial charge on any atom is -0.249 e. The van der Waals surface area contributed by atoms with E-state index in [1.807, 2.05) is 6.07 Å². The van der Waals surface area contributed by atoms with E-state index in [0.717, 1.165) is 30.0 Å². The van der Waals surface area contributed by atoms with Gasteiger partial charge in [0.05, 0.1) is 5.03 Å². The van der Waals surface area contributed by atoms with Gasteiger partial charge in [-0.15, -0.1) is 11.8 Å². The average molecular weight is 391 g/mol. The van der Waals surface area contributed by atoms with E-state index < -0.39 is 10.0 Å². The van der Waals surface area contributed by atoms with Crippen molar-refractivity contribution >= 4 is 21.8 Å². The number of hydrogen-bond donors (Lipinski definition) is 0. The van der Waals surface area contributed by atoms with E-state index in [1.165, 1.54) is 17.3 Å². The monoisotopic (exact) mass is 390 g/mol. The van der Waals surface area contributed by atoms with E-state index in [1.54, 1.807) is 22.1 Å². The lowest BCUT2D eigenvalue weighted by molar-refractivity contribution is 0.346. The van der Waals surface area contributed by atoms with Gasteiger partial charge in [-0.05, 0) is 42.0 Å². The highest BCUT2D eigenvalue weighted by Gasteiger charge is 2.26. The van der Waals surface area contributed by atoms with E-state index >= 15 is 0 Å². The molecule has 4 nitrogen and oxygen atoms in total. The molecule has 1 saturated heterocycles. The van der Waals surface area contributed by atoms with Gasteiger partial charge in [0, 0.05) is 25.0 Å². The van der Waals surface area contributed by atoms with Gasteiger partial charge in [0.1, 0.15) is 4.90 Å². The summed E-state index contributed by atoms with van der Waals surface area (Å²) in [5, 5.41) is 0.843. The van der Waals surface area contributed by atoms with Gasteiger partial charge in [-0.1, -0.05) is 44.5 Å². The zero-order chi connectivity index (χ0) is 18.6. The molecule has 6 heteroatoms. The summed E-state index contributed by atoms with van der Waals surface area (Å²) < 4.78 is 26.9. The quantitative estimate of drug-likeness (QED) is 0.673. The fraction of sp³-hybridized carbons (Fsp3) is 0.450. The molecule has 0 amide bonds. The Bertz CT molecular complexity index is 810. The molecule has 1 aromatic heterocycles. The highest BCUT2D eigenvalue weighted by atomic mass is 32.2. The number of sulfonamides is 1. The third-order valence-electron chi connectivity index (χ3n) is 4.70. The molecule has 0 spiro atoms. The molecule has 0 saturated carbocycles. The third kappa shape index (κ3) is 4.67. The Balaban J connectivity index is 1.62. The van der Waals surface area contributed by atoms with Crippen molar-refractivity contribution in [3.63, 3.8) is 0 Å². The first-order valence-electron chi connectivity index (χ1n) is 9.14. The molecule has 0 bridgehead atoms. The van der Waals surface area contributed by atoms with Crippen molar-refractivity contribution < 1.29 is 8.42 Å². The Kier molecular flexibility index (Phi) is 6.37. The molecule has 0 unspecified atom stereocenters. The number of aromatic nitrogens is 1. The molecule has 0 atom stereocenters. The highest BCUT2D eigenvalue weighted by molar-refractivity contribution is 7.98. The zero-order valence-corrected chi connectivity index (χ0v) is 17.0. The topological polar surface area (TPSA) is 50.3 Å². The normalized spacial score (nSPS) is 16.1. The molecule has 0 N–H and O–H groups in total. The summed E-state index contributed by atoms with van der Waals surface area (Å²) in [7, 11) is -3.40. The van der Waals surface area contributed by atoms with Crippen molar-refractivity contribution in [2.45, 2.75) is 54.7 Å². The van der Waals surface area contributed by atoms with E-state index in [9.17, 15) is 8.42 Å². The fourth-order valence-electron chi connectivity index (χ4n) is 3.02. The van der Waals surface area contributed by atoms with Gasteiger partial charge in [0.15, 0.2) is 0 Å². The Morgan fingerprint density at radius 1 is 1.04 bits per heavy atom. The maximum atomic E-state index is 12.6. The van der Waals surface area contributed by atoms with Crippen LogP contribution in [0.1, 0.15) is 50.2 Å². The number of pyridine rings is 1. The summed E-state index contributed by atoms with van der Waals surface area (Å²) in [5.74, 6) is 1.36. The van der Waals surface area contributed by atoms with Crippen LogP contribution in [0.3, 0.4) is 0 Å². The summed E-state index contributed by atoms with van der Waals surface area (Å²) in [6.07, 6.45) is 4.48. The molecule has 26 heavy (non-hydrogen) atoms. The van der Waals surface area contributed by atoms with Crippen LogP contribution in [0.5, 0.6) is 0 Å². The maximum Gasteiger partial charge on any atom is 0.244 e. The van der Waals surface area contributed by atoms with Gasteiger partial charge in [0.2, 0.25) is 10.0 Å². The molecular formula is C20H26N2O2S2. The van der Waals surface area contributed by atoms with Crippen molar-refractivity contribution in [1.29, 1.82) is 0 Å². The SMILES string of the molecule is CC(C)c1ccc(CSc2ccc(S(=O)(=O)N3CCCCC3)cn2)cc1. The smallest absolute Gasteiger partial charge is 0.244 e. The van der Waals surface area contributed by atoms with Gasteiger partial charge in [-0.2, -0.15) is 4.31 Å². The van der Waals surface area contributed by atoms with E-state index in [0.29, 0.717) is 23.9 Å². The molecular weight excluding hydrogens is 364 g/mol. The molecule has 1 fully saturated rings. The summed E-state index contributed by atoms with van der Waals surface area (Å²) in [4.78, 5) is 4.65. The first-order valence-corrected chi connectivity index (χ1v) is 11.6. The van der Waals surface area contributed by atoms with Crippen LogP contribution in [0.15, 0.2) is 52.5 Å². The summed E-state index contributed by atoms with van der Waals surface area (Å²) in [6.45, 7) is 5.61. The minimum atomic E-state index is -3.40. The van der Waals surface area contributed by atoms with Crippen LogP contribution >= 0.6 is 11.8 Å². The zero-order valence-electron chi connectivity index (χ0n) is 15.4. The second-order valence-electron chi connectivity index (χ2n) is 6.98. The molecule has 1 aliphatic heterocycles. The van der Waals surface area contributed by atoms with Crippen LogP contribution in [0, 0.1) is 0 Å². The van der Waals surface area contributed by atoms with E-state index in [-0.39, 0.29) is 0 Å². The Morgan fingerprint density at radius 3 is 2.31 bits per heavy atom. The standard InChI is InChI=1S/C20H26N2O2S2/c1-16(2)18-8-6-17(7-9-18)15-25-20-11-10-19(14-21-20)26(23,24)22-12-4-3-5-13-22/h6-11,14,16H,3-5,12-13,15H2,1-2H3. The molecule has 0 aliphatic carbocycles. The van der Waals surface area contributed by atoms with Crippen molar-refractivity contribution in [2.24, 2.45) is 0 Å². The minimum absolute atomic E-state index is 0.296. The second-order valence-corrected chi connectivity index (χ2v) is 9.92. The van der Waals surface area contributed by atoms with E-state index in [4.69, 9.17) is 0 Å². The van der Waals surface area contributed by atoms with Crippen LogP contribution < -0.4 is 0 Å². The van der Waals surface area contributed by atoms with Crippen molar-refractivity contribution in [1.82, 2.24) is 9.29 Å². The molecule has 140 valence electrons. The highest BCUT2D eigenvalue weighted by Crippen LogP contribution is 2.25. The van der Waals surface area contributed by atoms with Crippen molar-refractivity contribution in [3.05, 3.63) is 53.7 Å². The largest absolute Gasteiger partial charge is 0.249 e. The Hall–Kier alpha value is -1.37. The van der Waals surface area contributed by atoms with Gasteiger partial charge >= 0.3 is 0 Å². The van der Waals surface area contributed by atoms with Gasteiger partial charge < -0.3 is 0 Å². The third-order valence-corrected chi connectivity index (χ3v) is 7.59. The molecule has 3 rings (SSSR count). The number of benzene rings is 1. The first kappa shape index (κ1) is 19.4. The van der Waals surface area contributed by atoms with Crippen LogP contribution in [-0.4, -0.2) is 30.8 Å². The Morgan fingerprint density at radius 2 is 1.73 bits per heavy atom. The van der Waals surface area contributed by atoms with Crippen LogP contribution in [0.2, 0.25) is 0 Å². The summed E-state index contributed by atoms with van der Waals surface area (Å²) in [6, 6.07) is 12.1. The van der Waals surface area contributed by atoms with Crippen molar-refractivity contribution in [3.8, 4) is 0 Å². The lowest BCUT2D eigenvalue weighted by atomic mass is 10.0. The lowest BCUT2D eigenvalue weighted by Crippen LogP contribution is -2.35. The molecule has 1 aliphatic rings. The van der Waals surface area contributed by atoms with Crippen LogP contribution in [0.25, 0.3) is 0 Å². The second kappa shape index (κ2) is 8.55. The fourth-order valence-corrected chi connectivity index (χ4v) is 5.28. The molecule has 2 heterocycles.